The zero-order valence-electron chi connectivity index (χ0n) is 10.5. The molecule has 2 rings (SSSR count). The van der Waals surface area contributed by atoms with Crippen molar-refractivity contribution >= 4 is 22.1 Å². The molecule has 19 heavy (non-hydrogen) atoms. The molecule has 1 fully saturated rings. The topological polar surface area (TPSA) is 83.5 Å². The Kier molecular flexibility index (Phi) is 3.47. The second kappa shape index (κ2) is 4.79. The van der Waals surface area contributed by atoms with E-state index in [1.165, 1.54) is 18.2 Å². The number of benzene rings is 1. The van der Waals surface area contributed by atoms with Gasteiger partial charge in [-0.2, -0.15) is 0 Å². The van der Waals surface area contributed by atoms with E-state index in [0.29, 0.717) is 5.56 Å². The number of sulfonamides is 1. The molecular formula is C13H15NO4S. The summed E-state index contributed by atoms with van der Waals surface area (Å²) in [5.74, 6) is -1.07. The van der Waals surface area contributed by atoms with Crippen LogP contribution in [0, 0.1) is 0 Å². The quantitative estimate of drug-likeness (QED) is 0.803. The van der Waals surface area contributed by atoms with Gasteiger partial charge in [-0.25, -0.2) is 17.9 Å². The fraction of sp³-hybridized carbons (Fsp3) is 0.308. The van der Waals surface area contributed by atoms with E-state index in [-0.39, 0.29) is 10.4 Å². The summed E-state index contributed by atoms with van der Waals surface area (Å²) in [4.78, 5) is 10.6. The first-order chi connectivity index (χ1) is 8.81. The van der Waals surface area contributed by atoms with Gasteiger partial charge in [0.05, 0.1) is 4.90 Å². The van der Waals surface area contributed by atoms with E-state index in [4.69, 9.17) is 5.11 Å². The molecule has 0 bridgehead atoms. The first-order valence-electron chi connectivity index (χ1n) is 5.86. The van der Waals surface area contributed by atoms with Crippen molar-refractivity contribution in [1.29, 1.82) is 0 Å². The Balaban J connectivity index is 2.25. The SMILES string of the molecule is CC1(NS(=O)(=O)c2cccc(/C=C/C(=O)O)c2)CC1. The number of nitrogens with one attached hydrogen (secondary N) is 1. The molecule has 102 valence electrons. The molecule has 0 saturated heterocycles. The lowest BCUT2D eigenvalue weighted by molar-refractivity contribution is -0.131. The molecule has 1 aromatic carbocycles. The Labute approximate surface area is 112 Å². The van der Waals surface area contributed by atoms with Crippen LogP contribution in [-0.4, -0.2) is 25.0 Å². The lowest BCUT2D eigenvalue weighted by Gasteiger charge is -2.12. The van der Waals surface area contributed by atoms with Crippen LogP contribution in [0.1, 0.15) is 25.3 Å². The summed E-state index contributed by atoms with van der Waals surface area (Å²) in [6, 6.07) is 6.18. The van der Waals surface area contributed by atoms with E-state index in [1.807, 2.05) is 6.92 Å². The molecule has 1 aliphatic carbocycles. The van der Waals surface area contributed by atoms with Gasteiger partial charge in [-0.1, -0.05) is 12.1 Å². The maximum atomic E-state index is 12.1. The van der Waals surface area contributed by atoms with Crippen LogP contribution in [0.15, 0.2) is 35.2 Å². The highest BCUT2D eigenvalue weighted by molar-refractivity contribution is 7.89. The highest BCUT2D eigenvalue weighted by Gasteiger charge is 2.41. The number of carbonyl (C=O) groups is 1. The van der Waals surface area contributed by atoms with Gasteiger partial charge >= 0.3 is 5.97 Å². The molecule has 0 atom stereocenters. The third-order valence-electron chi connectivity index (χ3n) is 2.97. The molecule has 5 nitrogen and oxygen atoms in total. The Morgan fingerprint density at radius 1 is 1.42 bits per heavy atom. The van der Waals surface area contributed by atoms with Gasteiger partial charge in [0.1, 0.15) is 0 Å². The molecule has 0 aliphatic heterocycles. The highest BCUT2D eigenvalue weighted by atomic mass is 32.2. The van der Waals surface area contributed by atoms with Crippen LogP contribution in [0.4, 0.5) is 0 Å². The minimum Gasteiger partial charge on any atom is -0.478 e. The Bertz CT molecular complexity index is 630. The minimum absolute atomic E-state index is 0.146. The van der Waals surface area contributed by atoms with Crippen molar-refractivity contribution in [2.75, 3.05) is 0 Å². The second-order valence-corrected chi connectivity index (χ2v) is 6.59. The van der Waals surface area contributed by atoms with Crippen LogP contribution in [0.5, 0.6) is 0 Å². The van der Waals surface area contributed by atoms with Gasteiger partial charge in [0.25, 0.3) is 0 Å². The summed E-state index contributed by atoms with van der Waals surface area (Å²) in [7, 11) is -3.55. The van der Waals surface area contributed by atoms with Gasteiger partial charge in [-0.05, 0) is 43.5 Å². The largest absolute Gasteiger partial charge is 0.478 e. The lowest BCUT2D eigenvalue weighted by atomic mass is 10.2. The minimum atomic E-state index is -3.55. The predicted octanol–water partition coefficient (Wildman–Crippen LogP) is 1.62. The van der Waals surface area contributed by atoms with E-state index in [2.05, 4.69) is 4.72 Å². The second-order valence-electron chi connectivity index (χ2n) is 4.91. The summed E-state index contributed by atoms with van der Waals surface area (Å²) in [6.45, 7) is 1.86. The molecule has 6 heteroatoms. The summed E-state index contributed by atoms with van der Waals surface area (Å²) < 4.78 is 26.9. The van der Waals surface area contributed by atoms with Gasteiger partial charge in [-0.15, -0.1) is 0 Å². The smallest absolute Gasteiger partial charge is 0.328 e. The third-order valence-corrected chi connectivity index (χ3v) is 4.60. The van der Waals surface area contributed by atoms with E-state index in [0.717, 1.165) is 18.9 Å². The molecule has 0 unspecified atom stereocenters. The van der Waals surface area contributed by atoms with Crippen molar-refractivity contribution in [1.82, 2.24) is 4.72 Å². The molecule has 1 aromatic rings. The molecule has 2 N–H and O–H groups in total. The van der Waals surface area contributed by atoms with Crippen molar-refractivity contribution in [3.8, 4) is 0 Å². The number of carboxylic acid groups (broad SMARTS) is 1. The molecule has 0 radical (unpaired) electrons. The van der Waals surface area contributed by atoms with E-state index >= 15 is 0 Å². The van der Waals surface area contributed by atoms with Crippen LogP contribution in [-0.2, 0) is 14.8 Å². The van der Waals surface area contributed by atoms with Crippen LogP contribution in [0.25, 0.3) is 6.08 Å². The fourth-order valence-corrected chi connectivity index (χ4v) is 3.15. The maximum absolute atomic E-state index is 12.1. The summed E-state index contributed by atoms with van der Waals surface area (Å²) in [6.07, 6.45) is 4.01. The molecule has 1 aliphatic rings. The maximum Gasteiger partial charge on any atom is 0.328 e. The Hall–Kier alpha value is -1.66. The van der Waals surface area contributed by atoms with Crippen LogP contribution >= 0.6 is 0 Å². The van der Waals surface area contributed by atoms with Crippen LogP contribution < -0.4 is 4.72 Å². The number of hydrogen-bond acceptors (Lipinski definition) is 3. The summed E-state index contributed by atoms with van der Waals surface area (Å²) in [5, 5.41) is 8.55. The third kappa shape index (κ3) is 3.65. The Morgan fingerprint density at radius 3 is 2.68 bits per heavy atom. The molecule has 0 heterocycles. The number of aliphatic carboxylic acids is 1. The number of carboxylic acids is 1. The normalized spacial score (nSPS) is 17.5. The summed E-state index contributed by atoms with van der Waals surface area (Å²) in [5.41, 5.74) is 0.206. The van der Waals surface area contributed by atoms with Crippen molar-refractivity contribution in [2.45, 2.75) is 30.2 Å². The molecule has 1 saturated carbocycles. The standard InChI is InChI=1S/C13H15NO4S/c1-13(7-8-13)14-19(17,18)11-4-2-3-10(9-11)5-6-12(15)16/h2-6,9,14H,7-8H2,1H3,(H,15,16)/b6-5+. The van der Waals surface area contributed by atoms with Crippen LogP contribution in [0.2, 0.25) is 0 Å². The van der Waals surface area contributed by atoms with Gasteiger partial charge in [0.15, 0.2) is 0 Å². The summed E-state index contributed by atoms with van der Waals surface area (Å²) >= 11 is 0. The molecule has 0 amide bonds. The van der Waals surface area contributed by atoms with E-state index in [9.17, 15) is 13.2 Å². The lowest BCUT2D eigenvalue weighted by Crippen LogP contribution is -2.34. The molecule has 0 aromatic heterocycles. The molecule has 0 spiro atoms. The highest BCUT2D eigenvalue weighted by Crippen LogP contribution is 2.35. The Morgan fingerprint density at radius 2 is 2.11 bits per heavy atom. The fourth-order valence-electron chi connectivity index (χ4n) is 1.63. The van der Waals surface area contributed by atoms with Gasteiger partial charge in [0, 0.05) is 11.6 Å². The average Bonchev–Trinajstić information content (AvgIpc) is 3.03. The first-order valence-corrected chi connectivity index (χ1v) is 7.34. The van der Waals surface area contributed by atoms with Crippen molar-refractivity contribution in [2.24, 2.45) is 0 Å². The monoisotopic (exact) mass is 281 g/mol. The van der Waals surface area contributed by atoms with Gasteiger partial charge < -0.3 is 5.11 Å². The first kappa shape index (κ1) is 13.8. The zero-order chi connectivity index (χ0) is 14.1. The molecular weight excluding hydrogens is 266 g/mol. The van der Waals surface area contributed by atoms with E-state index < -0.39 is 16.0 Å². The van der Waals surface area contributed by atoms with E-state index in [1.54, 1.807) is 12.1 Å². The predicted molar refractivity (Wildman–Crippen MR) is 71.1 cm³/mol. The van der Waals surface area contributed by atoms with Crippen molar-refractivity contribution in [3.63, 3.8) is 0 Å². The van der Waals surface area contributed by atoms with Gasteiger partial charge in [-0.3, -0.25) is 0 Å². The van der Waals surface area contributed by atoms with Gasteiger partial charge in [0.2, 0.25) is 10.0 Å². The zero-order valence-corrected chi connectivity index (χ0v) is 11.3. The van der Waals surface area contributed by atoms with Crippen molar-refractivity contribution < 1.29 is 18.3 Å². The van der Waals surface area contributed by atoms with Crippen molar-refractivity contribution in [3.05, 3.63) is 35.9 Å². The number of rotatable bonds is 5. The average molecular weight is 281 g/mol. The number of hydrogen-bond donors (Lipinski definition) is 2. The van der Waals surface area contributed by atoms with Crippen LogP contribution in [0.3, 0.4) is 0 Å².